The van der Waals surface area contributed by atoms with Gasteiger partial charge in [-0.05, 0) is 29.8 Å². The molecule has 29 heavy (non-hydrogen) atoms. The van der Waals surface area contributed by atoms with Gasteiger partial charge in [0.15, 0.2) is 12.4 Å². The van der Waals surface area contributed by atoms with Crippen molar-refractivity contribution >= 4 is 34.9 Å². The van der Waals surface area contributed by atoms with E-state index >= 15 is 0 Å². The lowest BCUT2D eigenvalue weighted by Gasteiger charge is -2.11. The molecule has 0 saturated carbocycles. The number of ketones is 1. The Labute approximate surface area is 177 Å². The zero-order chi connectivity index (χ0) is 21.4. The predicted octanol–water partition coefficient (Wildman–Crippen LogP) is 4.83. The molecule has 152 valence electrons. The Morgan fingerprint density at radius 1 is 1.07 bits per heavy atom. The normalized spacial score (nSPS) is 10.2. The molecule has 2 rings (SSSR count). The van der Waals surface area contributed by atoms with Gasteiger partial charge < -0.3 is 14.8 Å². The number of benzene rings is 2. The lowest BCUT2D eigenvalue weighted by atomic mass is 10.2. The fourth-order valence-corrected chi connectivity index (χ4v) is 2.34. The van der Waals surface area contributed by atoms with Crippen LogP contribution >= 0.6 is 23.2 Å². The van der Waals surface area contributed by atoms with Crippen molar-refractivity contribution in [3.63, 3.8) is 0 Å². The topological polar surface area (TPSA) is 64.6 Å². The molecule has 0 bridgehead atoms. The van der Waals surface area contributed by atoms with Crippen molar-refractivity contribution in [2.45, 2.75) is 13.0 Å². The molecule has 0 aliphatic carbocycles. The SMILES string of the molecule is C=C(CC(=O)C(=C)NC(=O)COc1ccc(Cl)c(F)c1)OCc1ccc(Cl)cc1. The summed E-state index contributed by atoms with van der Waals surface area (Å²) in [5, 5.41) is 2.88. The molecule has 0 saturated heterocycles. The Morgan fingerprint density at radius 2 is 1.76 bits per heavy atom. The maximum atomic E-state index is 13.3. The summed E-state index contributed by atoms with van der Waals surface area (Å²) in [6, 6.07) is 10.8. The minimum Gasteiger partial charge on any atom is -0.493 e. The van der Waals surface area contributed by atoms with Crippen LogP contribution in [0.1, 0.15) is 12.0 Å². The number of carbonyl (C=O) groups is 2. The highest BCUT2D eigenvalue weighted by atomic mass is 35.5. The maximum absolute atomic E-state index is 13.3. The summed E-state index contributed by atoms with van der Waals surface area (Å²) in [6.07, 6.45) is -0.143. The molecule has 0 heterocycles. The van der Waals surface area contributed by atoms with Crippen molar-refractivity contribution in [3.8, 4) is 5.75 Å². The van der Waals surface area contributed by atoms with Gasteiger partial charge in [-0.15, -0.1) is 0 Å². The molecule has 5 nitrogen and oxygen atoms in total. The Hall–Kier alpha value is -2.83. The van der Waals surface area contributed by atoms with E-state index in [-0.39, 0.29) is 35.3 Å². The van der Waals surface area contributed by atoms with Gasteiger partial charge in [0, 0.05) is 11.1 Å². The van der Waals surface area contributed by atoms with Crippen molar-refractivity contribution in [1.82, 2.24) is 5.32 Å². The number of allylic oxidation sites excluding steroid dienone is 2. The number of hydrogen-bond acceptors (Lipinski definition) is 4. The lowest BCUT2D eigenvalue weighted by Crippen LogP contribution is -2.31. The van der Waals surface area contributed by atoms with Gasteiger partial charge in [-0.2, -0.15) is 0 Å². The smallest absolute Gasteiger partial charge is 0.262 e. The Kier molecular flexibility index (Phi) is 8.24. The first-order valence-electron chi connectivity index (χ1n) is 8.39. The van der Waals surface area contributed by atoms with Crippen LogP contribution in [-0.2, 0) is 20.9 Å². The van der Waals surface area contributed by atoms with Crippen LogP contribution in [-0.4, -0.2) is 18.3 Å². The minimum atomic E-state index is -0.665. The third-order valence-corrected chi connectivity index (χ3v) is 4.16. The highest BCUT2D eigenvalue weighted by Crippen LogP contribution is 2.20. The number of amides is 1. The molecule has 2 aromatic rings. The van der Waals surface area contributed by atoms with E-state index in [9.17, 15) is 14.0 Å². The van der Waals surface area contributed by atoms with E-state index in [4.69, 9.17) is 32.7 Å². The third kappa shape index (κ3) is 7.60. The molecule has 2 aromatic carbocycles. The number of rotatable bonds is 10. The molecule has 0 radical (unpaired) electrons. The van der Waals surface area contributed by atoms with E-state index < -0.39 is 24.1 Å². The lowest BCUT2D eigenvalue weighted by molar-refractivity contribution is -0.124. The summed E-state index contributed by atoms with van der Waals surface area (Å²) in [5.74, 6) is -1.39. The van der Waals surface area contributed by atoms with Gasteiger partial charge in [0.25, 0.3) is 5.91 Å². The maximum Gasteiger partial charge on any atom is 0.262 e. The highest BCUT2D eigenvalue weighted by Gasteiger charge is 2.14. The average Bonchev–Trinajstić information content (AvgIpc) is 2.68. The van der Waals surface area contributed by atoms with Crippen molar-refractivity contribution in [1.29, 1.82) is 0 Å². The number of carbonyl (C=O) groups excluding carboxylic acids is 2. The zero-order valence-corrected chi connectivity index (χ0v) is 16.9. The van der Waals surface area contributed by atoms with E-state index in [1.807, 2.05) is 0 Å². The first-order chi connectivity index (χ1) is 13.7. The minimum absolute atomic E-state index is 0.0562. The second-order valence-corrected chi connectivity index (χ2v) is 6.79. The summed E-state index contributed by atoms with van der Waals surface area (Å²) in [6.45, 7) is 7.02. The Morgan fingerprint density at radius 3 is 2.41 bits per heavy atom. The molecule has 0 atom stereocenters. The largest absolute Gasteiger partial charge is 0.493 e. The molecule has 0 aliphatic heterocycles. The van der Waals surface area contributed by atoms with Crippen LogP contribution in [0.25, 0.3) is 0 Å². The Bertz CT molecular complexity index is 929. The van der Waals surface area contributed by atoms with E-state index in [2.05, 4.69) is 18.5 Å². The zero-order valence-electron chi connectivity index (χ0n) is 15.3. The van der Waals surface area contributed by atoms with E-state index in [0.717, 1.165) is 11.6 Å². The van der Waals surface area contributed by atoms with Gasteiger partial charge in [-0.25, -0.2) is 4.39 Å². The second-order valence-electron chi connectivity index (χ2n) is 5.95. The van der Waals surface area contributed by atoms with Crippen LogP contribution < -0.4 is 10.1 Å². The van der Waals surface area contributed by atoms with E-state index in [0.29, 0.717) is 5.02 Å². The molecule has 0 spiro atoms. The van der Waals surface area contributed by atoms with Gasteiger partial charge in [-0.3, -0.25) is 9.59 Å². The van der Waals surface area contributed by atoms with Crippen molar-refractivity contribution in [2.24, 2.45) is 0 Å². The number of ether oxygens (including phenoxy) is 2. The molecule has 0 aliphatic rings. The summed E-state index contributed by atoms with van der Waals surface area (Å²) in [7, 11) is 0. The van der Waals surface area contributed by atoms with Crippen LogP contribution in [0.4, 0.5) is 4.39 Å². The number of Topliss-reactive ketones (excluding diaryl/α,β-unsaturated/α-hetero) is 1. The summed E-state index contributed by atoms with van der Waals surface area (Å²) in [4.78, 5) is 24.0. The standard InChI is InChI=1S/C21H18Cl2FNO4/c1-13(28-11-15-3-5-16(22)6-4-15)9-20(26)14(2)25-21(27)12-29-17-7-8-18(23)19(24)10-17/h3-8,10H,1-2,9,11-12H2,(H,25,27). The highest BCUT2D eigenvalue weighted by molar-refractivity contribution is 6.30. The van der Waals surface area contributed by atoms with Crippen molar-refractivity contribution in [3.05, 3.63) is 88.5 Å². The predicted molar refractivity (Wildman–Crippen MR) is 109 cm³/mol. The number of hydrogen-bond donors (Lipinski definition) is 1. The van der Waals surface area contributed by atoms with Crippen LogP contribution in [0.15, 0.2) is 67.1 Å². The molecular formula is C21H18Cl2FNO4. The van der Waals surface area contributed by atoms with E-state index in [1.165, 1.54) is 12.1 Å². The molecule has 1 amide bonds. The summed E-state index contributed by atoms with van der Waals surface area (Å²) >= 11 is 11.4. The van der Waals surface area contributed by atoms with Gasteiger partial charge in [0.1, 0.15) is 18.2 Å². The molecule has 1 N–H and O–H groups in total. The summed E-state index contributed by atoms with van der Waals surface area (Å²) < 4.78 is 23.9. The molecule has 0 fully saturated rings. The molecule has 8 heteroatoms. The fourth-order valence-electron chi connectivity index (χ4n) is 2.09. The van der Waals surface area contributed by atoms with Crippen LogP contribution in [0, 0.1) is 5.82 Å². The Balaban J connectivity index is 1.73. The van der Waals surface area contributed by atoms with Gasteiger partial charge >= 0.3 is 0 Å². The first kappa shape index (κ1) is 22.5. The third-order valence-electron chi connectivity index (χ3n) is 3.60. The quantitative estimate of drug-likeness (QED) is 0.426. The second kappa shape index (κ2) is 10.6. The van der Waals surface area contributed by atoms with Gasteiger partial charge in [0.2, 0.25) is 0 Å². The van der Waals surface area contributed by atoms with Crippen molar-refractivity contribution in [2.75, 3.05) is 6.61 Å². The monoisotopic (exact) mass is 437 g/mol. The fraction of sp³-hybridized carbons (Fsp3) is 0.143. The van der Waals surface area contributed by atoms with Gasteiger partial charge in [-0.1, -0.05) is 48.5 Å². The van der Waals surface area contributed by atoms with E-state index in [1.54, 1.807) is 24.3 Å². The summed E-state index contributed by atoms with van der Waals surface area (Å²) in [5.41, 5.74) is 0.739. The first-order valence-corrected chi connectivity index (χ1v) is 9.15. The van der Waals surface area contributed by atoms with Crippen molar-refractivity contribution < 1.29 is 23.5 Å². The van der Waals surface area contributed by atoms with Crippen LogP contribution in [0.5, 0.6) is 5.75 Å². The van der Waals surface area contributed by atoms with Crippen LogP contribution in [0.2, 0.25) is 10.0 Å². The molecule has 0 aromatic heterocycles. The van der Waals surface area contributed by atoms with Gasteiger partial charge in [0.05, 0.1) is 22.9 Å². The van der Waals surface area contributed by atoms with Crippen LogP contribution in [0.3, 0.4) is 0 Å². The number of halogens is 3. The molecular weight excluding hydrogens is 420 g/mol. The number of nitrogens with one attached hydrogen (secondary N) is 1. The average molecular weight is 438 g/mol. The molecule has 0 unspecified atom stereocenters.